The van der Waals surface area contributed by atoms with Crippen molar-refractivity contribution in [3.63, 3.8) is 0 Å². The summed E-state index contributed by atoms with van der Waals surface area (Å²) in [6.07, 6.45) is -0.745. The second kappa shape index (κ2) is 9.53. The predicted octanol–water partition coefficient (Wildman–Crippen LogP) is 2.54. The van der Waals surface area contributed by atoms with E-state index in [1.165, 1.54) is 0 Å². The molecule has 25 heavy (non-hydrogen) atoms. The van der Waals surface area contributed by atoms with Crippen LogP contribution in [0, 0.1) is 0 Å². The molecule has 5 heteroatoms. The van der Waals surface area contributed by atoms with Gasteiger partial charge in [0.2, 0.25) is 0 Å². The van der Waals surface area contributed by atoms with Crippen LogP contribution in [0.5, 0.6) is 5.75 Å². The summed E-state index contributed by atoms with van der Waals surface area (Å²) in [4.78, 5) is 0. The SMILES string of the molecule is COc1ccc(CO[C@H](CO)[C@@](C)(O)COCc2ccccc2)cc1. The number of aliphatic hydroxyl groups excluding tert-OH is 1. The summed E-state index contributed by atoms with van der Waals surface area (Å²) in [6, 6.07) is 17.2. The highest BCUT2D eigenvalue weighted by molar-refractivity contribution is 5.26. The molecule has 0 aromatic heterocycles. The zero-order valence-corrected chi connectivity index (χ0v) is 14.7. The van der Waals surface area contributed by atoms with Crippen LogP contribution in [0.15, 0.2) is 54.6 Å². The summed E-state index contributed by atoms with van der Waals surface area (Å²) in [5.41, 5.74) is 0.661. The summed E-state index contributed by atoms with van der Waals surface area (Å²) in [7, 11) is 1.61. The molecule has 2 atom stereocenters. The Morgan fingerprint density at radius 1 is 0.960 bits per heavy atom. The number of rotatable bonds is 10. The van der Waals surface area contributed by atoms with Crippen molar-refractivity contribution in [3.05, 3.63) is 65.7 Å². The quantitative estimate of drug-likeness (QED) is 0.692. The monoisotopic (exact) mass is 346 g/mol. The molecule has 0 bridgehead atoms. The highest BCUT2D eigenvalue weighted by Gasteiger charge is 2.32. The fourth-order valence-corrected chi connectivity index (χ4v) is 2.39. The van der Waals surface area contributed by atoms with E-state index < -0.39 is 11.7 Å². The van der Waals surface area contributed by atoms with Crippen molar-refractivity contribution in [1.82, 2.24) is 0 Å². The topological polar surface area (TPSA) is 68.2 Å². The lowest BCUT2D eigenvalue weighted by atomic mass is 10.0. The van der Waals surface area contributed by atoms with E-state index in [1.807, 2.05) is 54.6 Å². The Labute approximate surface area is 148 Å². The van der Waals surface area contributed by atoms with E-state index in [1.54, 1.807) is 14.0 Å². The normalized spacial score (nSPS) is 14.7. The second-order valence-electron chi connectivity index (χ2n) is 6.17. The van der Waals surface area contributed by atoms with Crippen LogP contribution in [0.25, 0.3) is 0 Å². The Balaban J connectivity index is 1.83. The van der Waals surface area contributed by atoms with E-state index in [9.17, 15) is 10.2 Å². The molecule has 2 aromatic rings. The summed E-state index contributed by atoms with van der Waals surface area (Å²) in [6.45, 7) is 2.05. The molecule has 2 aromatic carbocycles. The number of methoxy groups -OCH3 is 1. The zero-order valence-electron chi connectivity index (χ0n) is 14.7. The fourth-order valence-electron chi connectivity index (χ4n) is 2.39. The van der Waals surface area contributed by atoms with Crippen LogP contribution in [0.2, 0.25) is 0 Å². The van der Waals surface area contributed by atoms with Crippen molar-refractivity contribution in [2.45, 2.75) is 31.8 Å². The fraction of sp³-hybridized carbons (Fsp3) is 0.400. The molecule has 0 aliphatic carbocycles. The second-order valence-corrected chi connectivity index (χ2v) is 6.17. The molecule has 0 saturated carbocycles. The van der Waals surface area contributed by atoms with Gasteiger partial charge in [0.05, 0.1) is 33.5 Å². The Kier molecular flexibility index (Phi) is 7.40. The molecule has 2 rings (SSSR count). The van der Waals surface area contributed by atoms with Crippen LogP contribution < -0.4 is 4.74 Å². The number of ether oxygens (including phenoxy) is 3. The van der Waals surface area contributed by atoms with Crippen molar-refractivity contribution < 1.29 is 24.4 Å². The first kappa shape index (κ1) is 19.4. The summed E-state index contributed by atoms with van der Waals surface area (Å²) in [5, 5.41) is 20.2. The zero-order chi connectivity index (χ0) is 18.1. The Bertz CT molecular complexity index is 610. The molecular weight excluding hydrogens is 320 g/mol. The largest absolute Gasteiger partial charge is 0.497 e. The Hall–Kier alpha value is -1.92. The van der Waals surface area contributed by atoms with E-state index in [4.69, 9.17) is 14.2 Å². The molecule has 0 spiro atoms. The Morgan fingerprint density at radius 3 is 2.20 bits per heavy atom. The standard InChI is InChI=1S/C20H26O5/c1-20(22,15-24-13-16-6-4-3-5-7-16)19(12-21)25-14-17-8-10-18(23-2)11-9-17/h3-11,19,21-22H,12-15H2,1-2H3/t19-,20+/m1/s1. The molecule has 0 amide bonds. The highest BCUT2D eigenvalue weighted by atomic mass is 16.5. The third kappa shape index (κ3) is 6.14. The molecular formula is C20H26O5. The minimum Gasteiger partial charge on any atom is -0.497 e. The van der Waals surface area contributed by atoms with Crippen molar-refractivity contribution >= 4 is 0 Å². The molecule has 0 aliphatic rings. The van der Waals surface area contributed by atoms with Crippen molar-refractivity contribution in [1.29, 1.82) is 0 Å². The lowest BCUT2D eigenvalue weighted by molar-refractivity contribution is -0.154. The molecule has 0 unspecified atom stereocenters. The highest BCUT2D eigenvalue weighted by Crippen LogP contribution is 2.18. The molecule has 5 nitrogen and oxygen atoms in total. The molecule has 0 aliphatic heterocycles. The van der Waals surface area contributed by atoms with Crippen LogP contribution in [-0.2, 0) is 22.7 Å². The lowest BCUT2D eigenvalue weighted by Gasteiger charge is -2.31. The maximum atomic E-state index is 10.6. The van der Waals surface area contributed by atoms with Crippen molar-refractivity contribution in [2.24, 2.45) is 0 Å². The third-order valence-electron chi connectivity index (χ3n) is 3.98. The third-order valence-corrected chi connectivity index (χ3v) is 3.98. The van der Waals surface area contributed by atoms with Crippen LogP contribution in [0.3, 0.4) is 0 Å². The van der Waals surface area contributed by atoms with E-state index in [0.29, 0.717) is 6.61 Å². The first-order chi connectivity index (χ1) is 12.0. The van der Waals surface area contributed by atoms with Crippen LogP contribution in [-0.4, -0.2) is 42.2 Å². The molecule has 0 fully saturated rings. The van der Waals surface area contributed by atoms with Gasteiger partial charge in [-0.15, -0.1) is 0 Å². The van der Waals surface area contributed by atoms with Crippen LogP contribution >= 0.6 is 0 Å². The predicted molar refractivity (Wildman–Crippen MR) is 95.4 cm³/mol. The van der Waals surface area contributed by atoms with E-state index in [0.717, 1.165) is 16.9 Å². The van der Waals surface area contributed by atoms with Gasteiger partial charge in [0.25, 0.3) is 0 Å². The average Bonchev–Trinajstić information content (AvgIpc) is 2.63. The van der Waals surface area contributed by atoms with Gasteiger partial charge in [-0.1, -0.05) is 42.5 Å². The van der Waals surface area contributed by atoms with E-state index >= 15 is 0 Å². The number of hydrogen-bond donors (Lipinski definition) is 2. The van der Waals surface area contributed by atoms with Gasteiger partial charge in [-0.05, 0) is 30.2 Å². The number of benzene rings is 2. The van der Waals surface area contributed by atoms with Gasteiger partial charge < -0.3 is 24.4 Å². The molecule has 136 valence electrons. The summed E-state index contributed by atoms with van der Waals surface area (Å²) in [5.74, 6) is 0.767. The minimum atomic E-state index is -1.30. The summed E-state index contributed by atoms with van der Waals surface area (Å²) >= 11 is 0. The van der Waals surface area contributed by atoms with Crippen molar-refractivity contribution in [3.8, 4) is 5.75 Å². The van der Waals surface area contributed by atoms with Crippen molar-refractivity contribution in [2.75, 3.05) is 20.3 Å². The molecule has 0 radical (unpaired) electrons. The summed E-state index contributed by atoms with van der Waals surface area (Å²) < 4.78 is 16.4. The maximum Gasteiger partial charge on any atom is 0.118 e. The van der Waals surface area contributed by atoms with Crippen LogP contribution in [0.1, 0.15) is 18.1 Å². The molecule has 2 N–H and O–H groups in total. The van der Waals surface area contributed by atoms with E-state index in [-0.39, 0.29) is 19.8 Å². The number of hydrogen-bond acceptors (Lipinski definition) is 5. The Morgan fingerprint density at radius 2 is 1.60 bits per heavy atom. The van der Waals surface area contributed by atoms with Gasteiger partial charge in [0.15, 0.2) is 0 Å². The maximum absolute atomic E-state index is 10.6. The lowest BCUT2D eigenvalue weighted by Crippen LogP contribution is -2.47. The number of aliphatic hydroxyl groups is 2. The van der Waals surface area contributed by atoms with Gasteiger partial charge in [0, 0.05) is 0 Å². The van der Waals surface area contributed by atoms with Gasteiger partial charge in [-0.2, -0.15) is 0 Å². The average molecular weight is 346 g/mol. The van der Waals surface area contributed by atoms with Gasteiger partial charge in [0.1, 0.15) is 17.5 Å². The molecule has 0 heterocycles. The minimum absolute atomic E-state index is 0.0652. The van der Waals surface area contributed by atoms with Gasteiger partial charge in [-0.3, -0.25) is 0 Å². The van der Waals surface area contributed by atoms with Gasteiger partial charge in [-0.25, -0.2) is 0 Å². The molecule has 0 saturated heterocycles. The smallest absolute Gasteiger partial charge is 0.118 e. The van der Waals surface area contributed by atoms with E-state index in [2.05, 4.69) is 0 Å². The first-order valence-electron chi connectivity index (χ1n) is 8.24. The van der Waals surface area contributed by atoms with Gasteiger partial charge >= 0.3 is 0 Å². The first-order valence-corrected chi connectivity index (χ1v) is 8.24. The van der Waals surface area contributed by atoms with Crippen LogP contribution in [0.4, 0.5) is 0 Å².